The average Bonchev–Trinajstić information content (AvgIpc) is 3.17. The second-order valence-electron chi connectivity index (χ2n) is 5.31. The molecule has 1 fully saturated rings. The van der Waals surface area contributed by atoms with Crippen LogP contribution in [0.2, 0.25) is 5.02 Å². The summed E-state index contributed by atoms with van der Waals surface area (Å²) in [6, 6.07) is 6.20. The van der Waals surface area contributed by atoms with Gasteiger partial charge in [-0.1, -0.05) is 17.7 Å². The van der Waals surface area contributed by atoms with Crippen molar-refractivity contribution in [2.24, 2.45) is 5.73 Å². The van der Waals surface area contributed by atoms with Crippen LogP contribution in [-0.4, -0.2) is 16.5 Å². The molecule has 4 nitrogen and oxygen atoms in total. The molecule has 0 unspecified atom stereocenters. The number of rotatable bonds is 5. The number of benzene rings is 1. The van der Waals surface area contributed by atoms with Crippen LogP contribution in [-0.2, 0) is 17.9 Å². The zero-order valence-electron chi connectivity index (χ0n) is 11.2. The van der Waals surface area contributed by atoms with E-state index >= 15 is 0 Å². The van der Waals surface area contributed by atoms with Gasteiger partial charge in [-0.3, -0.25) is 4.79 Å². The van der Waals surface area contributed by atoms with Crippen molar-refractivity contribution in [3.63, 3.8) is 0 Å². The van der Waals surface area contributed by atoms with Crippen molar-refractivity contribution in [1.82, 2.24) is 9.88 Å². The molecule has 1 aliphatic carbocycles. The van der Waals surface area contributed by atoms with E-state index in [0.29, 0.717) is 30.6 Å². The van der Waals surface area contributed by atoms with Gasteiger partial charge in [-0.25, -0.2) is 0 Å². The van der Waals surface area contributed by atoms with Crippen molar-refractivity contribution in [1.29, 1.82) is 0 Å². The number of halogens is 1. The fourth-order valence-corrected chi connectivity index (χ4v) is 2.60. The summed E-state index contributed by atoms with van der Waals surface area (Å²) in [5.41, 5.74) is 7.89. The molecule has 20 heavy (non-hydrogen) atoms. The van der Waals surface area contributed by atoms with E-state index in [2.05, 4.69) is 9.88 Å². The van der Waals surface area contributed by atoms with E-state index in [4.69, 9.17) is 17.3 Å². The van der Waals surface area contributed by atoms with Crippen molar-refractivity contribution >= 4 is 28.4 Å². The molecule has 0 radical (unpaired) electrons. The SMILES string of the molecule is NCc1cn(CCC(=O)NC2CC2)c2cc(Cl)ccc12. The normalized spacial score (nSPS) is 14.7. The predicted molar refractivity (Wildman–Crippen MR) is 80.6 cm³/mol. The molecule has 106 valence electrons. The average molecular weight is 292 g/mol. The first-order valence-corrected chi connectivity index (χ1v) is 7.32. The topological polar surface area (TPSA) is 60.0 Å². The van der Waals surface area contributed by atoms with E-state index in [0.717, 1.165) is 29.3 Å². The molecule has 0 spiro atoms. The molecule has 0 saturated heterocycles. The van der Waals surface area contributed by atoms with Gasteiger partial charge in [0.15, 0.2) is 0 Å². The lowest BCUT2D eigenvalue weighted by Crippen LogP contribution is -2.26. The zero-order chi connectivity index (χ0) is 14.1. The highest BCUT2D eigenvalue weighted by atomic mass is 35.5. The fourth-order valence-electron chi connectivity index (χ4n) is 2.44. The molecule has 1 aromatic carbocycles. The van der Waals surface area contributed by atoms with Gasteiger partial charge in [0, 0.05) is 47.7 Å². The van der Waals surface area contributed by atoms with Gasteiger partial charge in [0.1, 0.15) is 0 Å². The highest BCUT2D eigenvalue weighted by Gasteiger charge is 2.22. The van der Waals surface area contributed by atoms with Gasteiger partial charge in [0.25, 0.3) is 0 Å². The molecule has 0 bridgehead atoms. The molecule has 5 heteroatoms. The van der Waals surface area contributed by atoms with Crippen molar-refractivity contribution in [3.05, 3.63) is 35.0 Å². The van der Waals surface area contributed by atoms with Gasteiger partial charge in [0.2, 0.25) is 5.91 Å². The number of amides is 1. The van der Waals surface area contributed by atoms with Crippen LogP contribution in [0.25, 0.3) is 10.9 Å². The summed E-state index contributed by atoms with van der Waals surface area (Å²) in [5, 5.41) is 4.81. The van der Waals surface area contributed by atoms with Crippen LogP contribution in [0, 0.1) is 0 Å². The van der Waals surface area contributed by atoms with Crippen LogP contribution in [0.5, 0.6) is 0 Å². The standard InChI is InChI=1S/C15H18ClN3O/c16-11-1-4-13-10(8-17)9-19(14(13)7-11)6-5-15(20)18-12-2-3-12/h1,4,7,9,12H,2-3,5-6,8,17H2,(H,18,20). The number of nitrogens with zero attached hydrogens (tertiary/aromatic N) is 1. The Labute approximate surface area is 122 Å². The summed E-state index contributed by atoms with van der Waals surface area (Å²) in [7, 11) is 0. The third kappa shape index (κ3) is 2.81. The van der Waals surface area contributed by atoms with Crippen LogP contribution in [0.4, 0.5) is 0 Å². The number of carbonyl (C=O) groups is 1. The van der Waals surface area contributed by atoms with Gasteiger partial charge in [0.05, 0.1) is 0 Å². The van der Waals surface area contributed by atoms with Crippen molar-refractivity contribution < 1.29 is 4.79 Å². The van der Waals surface area contributed by atoms with Crippen LogP contribution in [0.3, 0.4) is 0 Å². The molecule has 3 rings (SSSR count). The maximum absolute atomic E-state index is 11.8. The van der Waals surface area contributed by atoms with Gasteiger partial charge in [-0.15, -0.1) is 0 Å². The highest BCUT2D eigenvalue weighted by Crippen LogP contribution is 2.25. The first-order valence-electron chi connectivity index (χ1n) is 6.94. The summed E-state index contributed by atoms with van der Waals surface area (Å²) in [4.78, 5) is 11.8. The van der Waals surface area contributed by atoms with E-state index in [1.165, 1.54) is 0 Å². The largest absolute Gasteiger partial charge is 0.353 e. The molecule has 1 heterocycles. The number of nitrogens with two attached hydrogens (primary N) is 1. The van der Waals surface area contributed by atoms with Crippen LogP contribution >= 0.6 is 11.6 Å². The fraction of sp³-hybridized carbons (Fsp3) is 0.400. The first-order chi connectivity index (χ1) is 9.67. The van der Waals surface area contributed by atoms with Crippen molar-refractivity contribution in [2.45, 2.75) is 38.4 Å². The Bertz CT molecular complexity index is 646. The number of aromatic nitrogens is 1. The van der Waals surface area contributed by atoms with Gasteiger partial charge in [-0.05, 0) is 30.5 Å². The number of carbonyl (C=O) groups excluding carboxylic acids is 1. The zero-order valence-corrected chi connectivity index (χ0v) is 12.0. The van der Waals surface area contributed by atoms with E-state index in [1.807, 2.05) is 24.4 Å². The number of hydrogen-bond acceptors (Lipinski definition) is 2. The second kappa shape index (κ2) is 5.46. The van der Waals surface area contributed by atoms with Gasteiger partial charge in [-0.2, -0.15) is 0 Å². The quantitative estimate of drug-likeness (QED) is 0.889. The number of nitrogens with one attached hydrogen (secondary N) is 1. The molecule has 1 aliphatic rings. The molecule has 3 N–H and O–H groups in total. The van der Waals surface area contributed by atoms with Crippen molar-refractivity contribution in [3.8, 4) is 0 Å². The lowest BCUT2D eigenvalue weighted by molar-refractivity contribution is -0.121. The Hall–Kier alpha value is -1.52. The summed E-state index contributed by atoms with van der Waals surface area (Å²) in [5.74, 6) is 0.116. The summed E-state index contributed by atoms with van der Waals surface area (Å²) in [6.45, 7) is 1.13. The third-order valence-electron chi connectivity index (χ3n) is 3.67. The Morgan fingerprint density at radius 1 is 1.45 bits per heavy atom. The number of fused-ring (bicyclic) bond motifs is 1. The highest BCUT2D eigenvalue weighted by molar-refractivity contribution is 6.31. The molecular weight excluding hydrogens is 274 g/mol. The van der Waals surface area contributed by atoms with Crippen LogP contribution < -0.4 is 11.1 Å². The van der Waals surface area contributed by atoms with E-state index < -0.39 is 0 Å². The third-order valence-corrected chi connectivity index (χ3v) is 3.90. The van der Waals surface area contributed by atoms with Crippen LogP contribution in [0.15, 0.2) is 24.4 Å². The maximum atomic E-state index is 11.8. The second-order valence-corrected chi connectivity index (χ2v) is 5.74. The predicted octanol–water partition coefficient (Wildman–Crippen LogP) is 2.42. The monoisotopic (exact) mass is 291 g/mol. The Kier molecular flexibility index (Phi) is 3.68. The smallest absolute Gasteiger partial charge is 0.222 e. The van der Waals surface area contributed by atoms with Crippen LogP contribution in [0.1, 0.15) is 24.8 Å². The Morgan fingerprint density at radius 2 is 2.25 bits per heavy atom. The Morgan fingerprint density at radius 3 is 2.95 bits per heavy atom. The number of hydrogen-bond donors (Lipinski definition) is 2. The molecule has 1 aromatic heterocycles. The summed E-state index contributed by atoms with van der Waals surface area (Å²) >= 11 is 6.06. The molecule has 1 amide bonds. The molecule has 2 aromatic rings. The summed E-state index contributed by atoms with van der Waals surface area (Å²) in [6.07, 6.45) is 4.73. The lowest BCUT2D eigenvalue weighted by atomic mass is 10.2. The molecule has 0 atom stereocenters. The molecular formula is C15H18ClN3O. The van der Waals surface area contributed by atoms with Crippen molar-refractivity contribution in [2.75, 3.05) is 0 Å². The number of aryl methyl sites for hydroxylation is 1. The van der Waals surface area contributed by atoms with E-state index in [1.54, 1.807) is 0 Å². The van der Waals surface area contributed by atoms with Gasteiger partial charge >= 0.3 is 0 Å². The molecule has 0 aliphatic heterocycles. The lowest BCUT2D eigenvalue weighted by Gasteiger charge is -2.06. The maximum Gasteiger partial charge on any atom is 0.222 e. The van der Waals surface area contributed by atoms with E-state index in [9.17, 15) is 4.79 Å². The minimum Gasteiger partial charge on any atom is -0.353 e. The minimum atomic E-state index is 0.116. The Balaban J connectivity index is 1.79. The van der Waals surface area contributed by atoms with Gasteiger partial charge < -0.3 is 15.6 Å². The van der Waals surface area contributed by atoms with E-state index in [-0.39, 0.29) is 5.91 Å². The first kappa shape index (κ1) is 13.5. The minimum absolute atomic E-state index is 0.116. The summed E-state index contributed by atoms with van der Waals surface area (Å²) < 4.78 is 2.07. The molecule has 1 saturated carbocycles.